The van der Waals surface area contributed by atoms with E-state index < -0.39 is 0 Å². The molecule has 1 fully saturated rings. The summed E-state index contributed by atoms with van der Waals surface area (Å²) in [5.74, 6) is 1.95. The third kappa shape index (κ3) is 2.53. The number of piperidine rings is 1. The Morgan fingerprint density at radius 3 is 2.74 bits per heavy atom. The summed E-state index contributed by atoms with van der Waals surface area (Å²) in [4.78, 5) is 2.40. The van der Waals surface area contributed by atoms with Gasteiger partial charge in [0, 0.05) is 24.7 Å². The van der Waals surface area contributed by atoms with Gasteiger partial charge in [-0.15, -0.1) is 10.2 Å². The van der Waals surface area contributed by atoms with E-state index in [9.17, 15) is 0 Å². The number of aromatic nitrogens is 4. The zero-order valence-electron chi connectivity index (χ0n) is 11.3. The predicted octanol–water partition coefficient (Wildman–Crippen LogP) is 2.04. The van der Waals surface area contributed by atoms with Crippen LogP contribution < -0.4 is 0 Å². The molecule has 6 nitrogen and oxygen atoms in total. The Balaban J connectivity index is 1.61. The first-order valence-corrected chi connectivity index (χ1v) is 6.77. The second-order valence-corrected chi connectivity index (χ2v) is 5.16. The van der Waals surface area contributed by atoms with Crippen LogP contribution in [-0.4, -0.2) is 38.4 Å². The van der Waals surface area contributed by atoms with E-state index in [1.54, 1.807) is 0 Å². The zero-order valence-corrected chi connectivity index (χ0v) is 11.3. The summed E-state index contributed by atoms with van der Waals surface area (Å²) in [7, 11) is 0. The molecule has 102 valence electrons. The monoisotopic (exact) mass is 261 g/mol. The van der Waals surface area contributed by atoms with Crippen LogP contribution in [0.4, 0.5) is 0 Å². The first-order chi connectivity index (χ1) is 9.24. The Labute approximate surface area is 112 Å². The molecule has 3 heterocycles. The Morgan fingerprint density at radius 2 is 2.16 bits per heavy atom. The highest BCUT2D eigenvalue weighted by atomic mass is 16.4. The summed E-state index contributed by atoms with van der Waals surface area (Å²) in [5.41, 5.74) is 1.25. The van der Waals surface area contributed by atoms with Crippen LogP contribution in [0.15, 0.2) is 16.7 Å². The largest absolute Gasteiger partial charge is 0.424 e. The van der Waals surface area contributed by atoms with Crippen molar-refractivity contribution in [2.24, 2.45) is 0 Å². The van der Waals surface area contributed by atoms with E-state index in [2.05, 4.69) is 38.3 Å². The van der Waals surface area contributed by atoms with Crippen molar-refractivity contribution in [2.75, 3.05) is 13.1 Å². The maximum Gasteiger partial charge on any atom is 0.233 e. The normalized spacial score (nSPS) is 19.7. The van der Waals surface area contributed by atoms with E-state index >= 15 is 0 Å². The first-order valence-electron chi connectivity index (χ1n) is 6.77. The van der Waals surface area contributed by atoms with Crippen LogP contribution in [0.2, 0.25) is 0 Å². The van der Waals surface area contributed by atoms with Crippen molar-refractivity contribution in [1.82, 2.24) is 25.3 Å². The maximum absolute atomic E-state index is 5.52. The standard InChI is InChI=1S/C13H19N5O/c1-9(13-17-15-10(2)19-13)18-7-4-11(5-8-18)12-3-6-14-16-12/h3,6,9,11H,4-5,7-8H2,1-2H3,(H,14,16). The van der Waals surface area contributed by atoms with E-state index in [0.29, 0.717) is 11.8 Å². The average Bonchev–Trinajstić information content (AvgIpc) is 3.09. The van der Waals surface area contributed by atoms with E-state index in [1.165, 1.54) is 5.69 Å². The smallest absolute Gasteiger partial charge is 0.233 e. The minimum absolute atomic E-state index is 0.198. The molecule has 1 N–H and O–H groups in total. The van der Waals surface area contributed by atoms with Crippen molar-refractivity contribution in [1.29, 1.82) is 0 Å². The van der Waals surface area contributed by atoms with E-state index in [4.69, 9.17) is 4.42 Å². The molecule has 0 saturated carbocycles. The van der Waals surface area contributed by atoms with Gasteiger partial charge in [0.1, 0.15) is 0 Å². The molecule has 0 spiro atoms. The number of nitrogens with zero attached hydrogens (tertiary/aromatic N) is 4. The summed E-state index contributed by atoms with van der Waals surface area (Å²) < 4.78 is 5.52. The third-order valence-electron chi connectivity index (χ3n) is 3.94. The topological polar surface area (TPSA) is 70.8 Å². The van der Waals surface area contributed by atoms with Crippen LogP contribution in [-0.2, 0) is 0 Å². The van der Waals surface area contributed by atoms with Crippen LogP contribution in [0, 0.1) is 6.92 Å². The Hall–Kier alpha value is -1.69. The Kier molecular flexibility index (Phi) is 3.33. The molecule has 1 atom stereocenters. The van der Waals surface area contributed by atoms with Gasteiger partial charge in [-0.05, 0) is 38.9 Å². The van der Waals surface area contributed by atoms with Crippen molar-refractivity contribution in [3.05, 3.63) is 29.7 Å². The lowest BCUT2D eigenvalue weighted by atomic mass is 9.93. The molecule has 1 aliphatic rings. The summed E-state index contributed by atoms with van der Waals surface area (Å²) in [6.07, 6.45) is 4.10. The molecule has 1 aliphatic heterocycles. The number of nitrogens with one attached hydrogen (secondary N) is 1. The van der Waals surface area contributed by atoms with E-state index in [-0.39, 0.29) is 6.04 Å². The number of likely N-dealkylation sites (tertiary alicyclic amines) is 1. The highest BCUT2D eigenvalue weighted by molar-refractivity contribution is 5.07. The summed E-state index contributed by atoms with van der Waals surface area (Å²) >= 11 is 0. The lowest BCUT2D eigenvalue weighted by Crippen LogP contribution is -2.35. The van der Waals surface area contributed by atoms with E-state index in [1.807, 2.05) is 13.1 Å². The van der Waals surface area contributed by atoms with E-state index in [0.717, 1.165) is 31.8 Å². The molecule has 6 heteroatoms. The van der Waals surface area contributed by atoms with Crippen LogP contribution in [0.5, 0.6) is 0 Å². The molecule has 1 unspecified atom stereocenters. The zero-order chi connectivity index (χ0) is 13.2. The molecule has 3 rings (SSSR count). The third-order valence-corrected chi connectivity index (χ3v) is 3.94. The summed E-state index contributed by atoms with van der Waals surface area (Å²) in [6, 6.07) is 2.27. The summed E-state index contributed by atoms with van der Waals surface area (Å²) in [6.45, 7) is 6.05. The molecule has 1 saturated heterocycles. The first kappa shape index (κ1) is 12.3. The highest BCUT2D eigenvalue weighted by Crippen LogP contribution is 2.30. The van der Waals surface area contributed by atoms with Crippen molar-refractivity contribution < 1.29 is 4.42 Å². The molecular weight excluding hydrogens is 242 g/mol. The van der Waals surface area contributed by atoms with Gasteiger partial charge in [0.25, 0.3) is 0 Å². The molecule has 0 aromatic carbocycles. The van der Waals surface area contributed by atoms with Gasteiger partial charge in [0.2, 0.25) is 11.8 Å². The molecule has 19 heavy (non-hydrogen) atoms. The average molecular weight is 261 g/mol. The number of aromatic amines is 1. The van der Waals surface area contributed by atoms with Gasteiger partial charge < -0.3 is 4.42 Å². The van der Waals surface area contributed by atoms with Gasteiger partial charge >= 0.3 is 0 Å². The SMILES string of the molecule is Cc1nnc(C(C)N2CCC(c3ccn[nH]3)CC2)o1. The van der Waals surface area contributed by atoms with Gasteiger partial charge in [-0.25, -0.2) is 0 Å². The quantitative estimate of drug-likeness (QED) is 0.915. The number of rotatable bonds is 3. The van der Waals surface area contributed by atoms with Crippen molar-refractivity contribution in [3.8, 4) is 0 Å². The lowest BCUT2D eigenvalue weighted by molar-refractivity contribution is 0.141. The Bertz CT molecular complexity index is 513. The van der Waals surface area contributed by atoms with Crippen molar-refractivity contribution in [2.45, 2.75) is 38.6 Å². The predicted molar refractivity (Wildman–Crippen MR) is 69.6 cm³/mol. The minimum atomic E-state index is 0.198. The molecular formula is C13H19N5O. The van der Waals surface area contributed by atoms with Crippen LogP contribution in [0.3, 0.4) is 0 Å². The van der Waals surface area contributed by atoms with Crippen LogP contribution >= 0.6 is 0 Å². The maximum atomic E-state index is 5.52. The van der Waals surface area contributed by atoms with Crippen molar-refractivity contribution >= 4 is 0 Å². The van der Waals surface area contributed by atoms with Crippen molar-refractivity contribution in [3.63, 3.8) is 0 Å². The van der Waals surface area contributed by atoms with Crippen LogP contribution in [0.25, 0.3) is 0 Å². The molecule has 2 aromatic heterocycles. The molecule has 0 aliphatic carbocycles. The molecule has 2 aromatic rings. The fourth-order valence-electron chi connectivity index (χ4n) is 2.73. The second-order valence-electron chi connectivity index (χ2n) is 5.16. The number of hydrogen-bond donors (Lipinski definition) is 1. The lowest BCUT2D eigenvalue weighted by Gasteiger charge is -2.34. The Morgan fingerprint density at radius 1 is 1.37 bits per heavy atom. The molecule has 0 radical (unpaired) electrons. The highest BCUT2D eigenvalue weighted by Gasteiger charge is 2.27. The number of H-pyrrole nitrogens is 1. The molecule has 0 bridgehead atoms. The number of aryl methyl sites for hydroxylation is 1. The van der Waals surface area contributed by atoms with Crippen LogP contribution in [0.1, 0.15) is 49.2 Å². The van der Waals surface area contributed by atoms with Gasteiger partial charge in [0.15, 0.2) is 0 Å². The minimum Gasteiger partial charge on any atom is -0.424 e. The van der Waals surface area contributed by atoms with Gasteiger partial charge in [-0.2, -0.15) is 5.10 Å². The van der Waals surface area contributed by atoms with Gasteiger partial charge in [-0.1, -0.05) is 0 Å². The second kappa shape index (κ2) is 5.13. The number of hydrogen-bond acceptors (Lipinski definition) is 5. The summed E-state index contributed by atoms with van der Waals surface area (Å²) in [5, 5.41) is 15.1. The molecule has 0 amide bonds. The fraction of sp³-hybridized carbons (Fsp3) is 0.615. The van der Waals surface area contributed by atoms with Gasteiger partial charge in [-0.3, -0.25) is 10.00 Å². The fourth-order valence-corrected chi connectivity index (χ4v) is 2.73. The van der Waals surface area contributed by atoms with Gasteiger partial charge in [0.05, 0.1) is 6.04 Å².